The average molecular weight is 436 g/mol. The van der Waals surface area contributed by atoms with E-state index in [2.05, 4.69) is 16.0 Å². The Kier molecular flexibility index (Phi) is 8.12. The van der Waals surface area contributed by atoms with Gasteiger partial charge in [0.1, 0.15) is 5.69 Å². The number of nitro groups is 1. The minimum Gasteiger partial charge on any atom is -0.378 e. The van der Waals surface area contributed by atoms with Crippen LogP contribution in [0, 0.1) is 10.1 Å². The minimum absolute atomic E-state index is 0.0276. The fourth-order valence-electron chi connectivity index (χ4n) is 2.43. The maximum atomic E-state index is 12.7. The van der Waals surface area contributed by atoms with Crippen LogP contribution >= 0.6 is 0 Å². The maximum absolute atomic E-state index is 12.7. The Bertz CT molecular complexity index is 963. The lowest BCUT2D eigenvalue weighted by Gasteiger charge is -2.11. The Balaban J connectivity index is 1.76. The van der Waals surface area contributed by atoms with Crippen molar-refractivity contribution in [1.82, 2.24) is 10.6 Å². The summed E-state index contributed by atoms with van der Waals surface area (Å²) in [6.07, 6.45) is -1.82. The van der Waals surface area contributed by atoms with Crippen LogP contribution in [0.1, 0.15) is 11.1 Å². The zero-order chi connectivity index (χ0) is 22.9. The predicted octanol–water partition coefficient (Wildman–Crippen LogP) is 2.97. The zero-order valence-electron chi connectivity index (χ0n) is 16.1. The van der Waals surface area contributed by atoms with Crippen LogP contribution in [0.3, 0.4) is 0 Å². The molecular formula is C20H19F3N4O4. The van der Waals surface area contributed by atoms with Gasteiger partial charge in [0.15, 0.2) is 0 Å². The quantitative estimate of drug-likeness (QED) is 0.242. The van der Waals surface area contributed by atoms with E-state index in [0.717, 1.165) is 17.7 Å². The third kappa shape index (κ3) is 7.80. The van der Waals surface area contributed by atoms with Gasteiger partial charge in [-0.25, -0.2) is 0 Å². The summed E-state index contributed by atoms with van der Waals surface area (Å²) < 4.78 is 38.1. The second kappa shape index (κ2) is 10.8. The van der Waals surface area contributed by atoms with E-state index in [9.17, 15) is 32.9 Å². The van der Waals surface area contributed by atoms with Crippen molar-refractivity contribution in [3.05, 3.63) is 75.8 Å². The molecule has 0 unspecified atom stereocenters. The van der Waals surface area contributed by atoms with Crippen molar-refractivity contribution in [2.24, 2.45) is 0 Å². The lowest BCUT2D eigenvalue weighted by atomic mass is 10.1. The molecule has 0 bridgehead atoms. The SMILES string of the molecule is O=C(/C=C/c1ccccc1)NCC(=O)NCCNc1ccc(C(F)(F)F)cc1[N+](=O)[O-]. The van der Waals surface area contributed by atoms with Crippen LogP contribution in [0.5, 0.6) is 0 Å². The Hall–Kier alpha value is -3.89. The molecule has 164 valence electrons. The van der Waals surface area contributed by atoms with Crippen molar-refractivity contribution in [3.8, 4) is 0 Å². The molecule has 31 heavy (non-hydrogen) atoms. The van der Waals surface area contributed by atoms with Crippen LogP contribution in [-0.4, -0.2) is 36.4 Å². The summed E-state index contributed by atoms with van der Waals surface area (Å²) in [5.74, 6) is -0.956. The Labute approximate surface area is 175 Å². The molecule has 0 fully saturated rings. The van der Waals surface area contributed by atoms with Crippen molar-refractivity contribution in [2.45, 2.75) is 6.18 Å². The third-order valence-corrected chi connectivity index (χ3v) is 3.93. The highest BCUT2D eigenvalue weighted by molar-refractivity contribution is 5.94. The molecule has 0 aliphatic rings. The van der Waals surface area contributed by atoms with E-state index in [1.54, 1.807) is 6.08 Å². The number of anilines is 1. The molecule has 0 atom stereocenters. The van der Waals surface area contributed by atoms with Gasteiger partial charge in [0, 0.05) is 25.2 Å². The second-order valence-corrected chi connectivity index (χ2v) is 6.23. The topological polar surface area (TPSA) is 113 Å². The van der Waals surface area contributed by atoms with Gasteiger partial charge < -0.3 is 16.0 Å². The molecule has 0 aliphatic carbocycles. The van der Waals surface area contributed by atoms with Gasteiger partial charge in [-0.05, 0) is 23.8 Å². The number of nitrogens with one attached hydrogen (secondary N) is 3. The van der Waals surface area contributed by atoms with Gasteiger partial charge in [0.05, 0.1) is 17.0 Å². The van der Waals surface area contributed by atoms with Crippen molar-refractivity contribution in [2.75, 3.05) is 25.0 Å². The largest absolute Gasteiger partial charge is 0.416 e. The molecular weight excluding hydrogens is 417 g/mol. The molecule has 11 heteroatoms. The van der Waals surface area contributed by atoms with Crippen molar-refractivity contribution in [3.63, 3.8) is 0 Å². The maximum Gasteiger partial charge on any atom is 0.416 e. The first kappa shape index (κ1) is 23.4. The van der Waals surface area contributed by atoms with E-state index in [1.807, 2.05) is 30.3 Å². The summed E-state index contributed by atoms with van der Waals surface area (Å²) in [6.45, 7) is -0.217. The summed E-state index contributed by atoms with van der Waals surface area (Å²) in [5.41, 5.74) is -1.13. The van der Waals surface area contributed by atoms with Crippen LogP contribution < -0.4 is 16.0 Å². The molecule has 0 radical (unpaired) electrons. The number of carbonyl (C=O) groups excluding carboxylic acids is 2. The van der Waals surface area contributed by atoms with Crippen LogP contribution in [0.15, 0.2) is 54.6 Å². The zero-order valence-corrected chi connectivity index (χ0v) is 16.1. The van der Waals surface area contributed by atoms with Gasteiger partial charge in [-0.1, -0.05) is 30.3 Å². The minimum atomic E-state index is -4.70. The number of alkyl halides is 3. The lowest BCUT2D eigenvalue weighted by molar-refractivity contribution is -0.384. The van der Waals surface area contributed by atoms with Gasteiger partial charge in [-0.15, -0.1) is 0 Å². The average Bonchev–Trinajstić information content (AvgIpc) is 2.73. The lowest BCUT2D eigenvalue weighted by Crippen LogP contribution is -2.38. The van der Waals surface area contributed by atoms with E-state index in [1.165, 1.54) is 6.08 Å². The monoisotopic (exact) mass is 436 g/mol. The fourth-order valence-corrected chi connectivity index (χ4v) is 2.43. The molecule has 2 aromatic rings. The van der Waals surface area contributed by atoms with Gasteiger partial charge in [0.25, 0.3) is 5.69 Å². The number of hydrogen-bond acceptors (Lipinski definition) is 5. The number of halogens is 3. The summed E-state index contributed by atoms with van der Waals surface area (Å²) in [7, 11) is 0. The molecule has 0 aromatic heterocycles. The number of carbonyl (C=O) groups is 2. The van der Waals surface area contributed by atoms with Gasteiger partial charge in [0.2, 0.25) is 11.8 Å². The molecule has 0 aliphatic heterocycles. The summed E-state index contributed by atoms with van der Waals surface area (Å²) in [5, 5.41) is 18.5. The molecule has 0 saturated carbocycles. The molecule has 3 N–H and O–H groups in total. The Morgan fingerprint density at radius 3 is 2.39 bits per heavy atom. The summed E-state index contributed by atoms with van der Waals surface area (Å²) in [6, 6.07) is 11.2. The molecule has 8 nitrogen and oxygen atoms in total. The van der Waals surface area contributed by atoms with E-state index >= 15 is 0 Å². The Morgan fingerprint density at radius 2 is 1.74 bits per heavy atom. The predicted molar refractivity (Wildman–Crippen MR) is 108 cm³/mol. The van der Waals surface area contributed by atoms with E-state index in [0.29, 0.717) is 6.07 Å². The number of amides is 2. The molecule has 2 aromatic carbocycles. The first-order chi connectivity index (χ1) is 14.7. The fraction of sp³-hybridized carbons (Fsp3) is 0.200. The smallest absolute Gasteiger partial charge is 0.378 e. The number of nitrogens with zero attached hydrogens (tertiary/aromatic N) is 1. The van der Waals surface area contributed by atoms with Gasteiger partial charge in [-0.3, -0.25) is 19.7 Å². The molecule has 2 amide bonds. The van der Waals surface area contributed by atoms with Crippen LogP contribution in [0.25, 0.3) is 6.08 Å². The number of nitro benzene ring substituents is 1. The van der Waals surface area contributed by atoms with Crippen LogP contribution in [0.2, 0.25) is 0 Å². The number of hydrogen-bond donors (Lipinski definition) is 3. The van der Waals surface area contributed by atoms with Crippen molar-refractivity contribution < 1.29 is 27.7 Å². The van der Waals surface area contributed by atoms with Crippen molar-refractivity contribution >= 4 is 29.3 Å². The first-order valence-electron chi connectivity index (χ1n) is 9.04. The molecule has 2 rings (SSSR count). The molecule has 0 saturated heterocycles. The summed E-state index contributed by atoms with van der Waals surface area (Å²) in [4.78, 5) is 33.5. The normalized spacial score (nSPS) is 11.2. The van der Waals surface area contributed by atoms with Gasteiger partial charge in [-0.2, -0.15) is 13.2 Å². The molecule has 0 spiro atoms. The van der Waals surface area contributed by atoms with Gasteiger partial charge >= 0.3 is 6.18 Å². The van der Waals surface area contributed by atoms with E-state index in [4.69, 9.17) is 0 Å². The highest BCUT2D eigenvalue weighted by Crippen LogP contribution is 2.34. The Morgan fingerprint density at radius 1 is 1.03 bits per heavy atom. The highest BCUT2D eigenvalue weighted by Gasteiger charge is 2.32. The number of benzene rings is 2. The van der Waals surface area contributed by atoms with Crippen molar-refractivity contribution in [1.29, 1.82) is 0 Å². The number of rotatable bonds is 9. The highest BCUT2D eigenvalue weighted by atomic mass is 19.4. The first-order valence-corrected chi connectivity index (χ1v) is 9.04. The second-order valence-electron chi connectivity index (χ2n) is 6.23. The summed E-state index contributed by atoms with van der Waals surface area (Å²) >= 11 is 0. The van der Waals surface area contributed by atoms with Crippen LogP contribution in [-0.2, 0) is 15.8 Å². The third-order valence-electron chi connectivity index (χ3n) is 3.93. The van der Waals surface area contributed by atoms with Crippen LogP contribution in [0.4, 0.5) is 24.5 Å². The van der Waals surface area contributed by atoms with E-state index in [-0.39, 0.29) is 25.3 Å². The molecule has 0 heterocycles. The van der Waals surface area contributed by atoms with E-state index < -0.39 is 34.2 Å². The standard InChI is InChI=1S/C20H19F3N4O4/c21-20(22,23)15-7-8-16(17(12-15)27(30)31)24-10-11-25-19(29)13-26-18(28)9-6-14-4-2-1-3-5-14/h1-9,12,24H,10-11,13H2,(H,25,29)(H,26,28)/b9-6+.